The first-order valence-electron chi connectivity index (χ1n) is 12.6. The van der Waals surface area contributed by atoms with Crippen molar-refractivity contribution in [2.24, 2.45) is 7.05 Å². The van der Waals surface area contributed by atoms with Crippen molar-refractivity contribution in [1.82, 2.24) is 45.5 Å². The van der Waals surface area contributed by atoms with Gasteiger partial charge in [0.2, 0.25) is 11.1 Å². The molecule has 4 atom stereocenters. The molecule has 4 rings (SSSR count). The van der Waals surface area contributed by atoms with Crippen LogP contribution in [0.1, 0.15) is 13.8 Å². The topological polar surface area (TPSA) is 229 Å². The summed E-state index contributed by atoms with van der Waals surface area (Å²) in [6.07, 6.45) is -1.50. The summed E-state index contributed by atoms with van der Waals surface area (Å²) >= 11 is 2.33. The molecule has 0 spiro atoms. The number of methoxy groups -OCH3 is 1. The molecule has 2 saturated heterocycles. The number of fused-ring (bicyclic) bond motifs is 1. The number of aliphatic carboxylic acids is 1. The van der Waals surface area contributed by atoms with Crippen molar-refractivity contribution in [3.05, 3.63) is 11.3 Å². The number of urea groups is 1. The molecule has 1 aromatic heterocycles. The van der Waals surface area contributed by atoms with E-state index in [-0.39, 0.29) is 36.8 Å². The van der Waals surface area contributed by atoms with E-state index < -0.39 is 58.9 Å². The zero-order valence-electron chi connectivity index (χ0n) is 23.0. The number of piperazine rings is 1. The number of rotatable bonds is 10. The maximum absolute atomic E-state index is 13.4. The van der Waals surface area contributed by atoms with Crippen molar-refractivity contribution >= 4 is 59.2 Å². The summed E-state index contributed by atoms with van der Waals surface area (Å²) in [6, 6.07) is -2.74. The Morgan fingerprint density at radius 3 is 2.52 bits per heavy atom. The number of nitrogens with zero attached hydrogens (tertiary/aromatic N) is 7. The summed E-state index contributed by atoms with van der Waals surface area (Å²) in [5, 5.41) is 35.5. The number of aliphatic hydroxyl groups excluding tert-OH is 1. The molecule has 0 saturated carbocycles. The van der Waals surface area contributed by atoms with Gasteiger partial charge >= 0.3 is 23.8 Å². The quantitative estimate of drug-likeness (QED) is 0.0887. The summed E-state index contributed by atoms with van der Waals surface area (Å²) < 4.78 is 6.84. The number of tetrazole rings is 1. The van der Waals surface area contributed by atoms with Crippen LogP contribution >= 0.6 is 23.5 Å². The van der Waals surface area contributed by atoms with E-state index in [0.717, 1.165) is 23.8 Å². The van der Waals surface area contributed by atoms with Crippen molar-refractivity contribution in [1.29, 1.82) is 0 Å². The molecule has 1 aromatic rings. The highest BCUT2D eigenvalue weighted by Crippen LogP contribution is 2.47. The molecular formula is C22H29N9O9S2. The molecule has 20 heteroatoms. The lowest BCUT2D eigenvalue weighted by molar-refractivity contribution is -0.193. The summed E-state index contributed by atoms with van der Waals surface area (Å²) in [4.78, 5) is 79.3. The molecule has 42 heavy (non-hydrogen) atoms. The number of ether oxygens (including phenoxy) is 1. The number of nitrogens with one attached hydrogen (secondary N) is 2. The fourth-order valence-corrected chi connectivity index (χ4v) is 7.02. The Kier molecular flexibility index (Phi) is 9.09. The second kappa shape index (κ2) is 12.2. The highest BCUT2D eigenvalue weighted by atomic mass is 32.2. The van der Waals surface area contributed by atoms with Crippen LogP contribution in [0.15, 0.2) is 16.4 Å². The van der Waals surface area contributed by atoms with Gasteiger partial charge in [-0.1, -0.05) is 11.8 Å². The van der Waals surface area contributed by atoms with Crippen LogP contribution in [0.3, 0.4) is 0 Å². The van der Waals surface area contributed by atoms with Gasteiger partial charge in [0.25, 0.3) is 11.6 Å². The second-order valence-corrected chi connectivity index (χ2v) is 11.4. The van der Waals surface area contributed by atoms with E-state index in [1.165, 1.54) is 28.3 Å². The first-order valence-corrected chi connectivity index (χ1v) is 14.6. The van der Waals surface area contributed by atoms with Crippen LogP contribution in [0.4, 0.5) is 4.79 Å². The molecule has 18 nitrogen and oxygen atoms in total. The van der Waals surface area contributed by atoms with Gasteiger partial charge in [0.05, 0.1) is 6.10 Å². The van der Waals surface area contributed by atoms with Gasteiger partial charge in [-0.3, -0.25) is 29.0 Å². The third-order valence-corrected chi connectivity index (χ3v) is 9.35. The molecule has 2 fully saturated rings. The molecule has 3 aliphatic heterocycles. The number of carbonyl (C=O) groups excluding carboxylic acids is 5. The molecule has 3 aliphatic rings. The second-order valence-electron chi connectivity index (χ2n) is 9.41. The van der Waals surface area contributed by atoms with Crippen LogP contribution in [0, 0.1) is 0 Å². The van der Waals surface area contributed by atoms with E-state index in [2.05, 4.69) is 26.2 Å². The average molecular weight is 628 g/mol. The fraction of sp³-hybridized carbons (Fsp3) is 0.591. The van der Waals surface area contributed by atoms with Crippen LogP contribution < -0.4 is 10.6 Å². The highest BCUT2D eigenvalue weighted by Gasteiger charge is 2.67. The minimum atomic E-state index is -2.01. The number of hydrogen-bond acceptors (Lipinski definition) is 13. The normalized spacial score (nSPS) is 23.8. The van der Waals surface area contributed by atoms with E-state index in [9.17, 15) is 39.0 Å². The largest absolute Gasteiger partial charge is 0.477 e. The number of imide groups is 1. The molecular weight excluding hydrogens is 598 g/mol. The number of aliphatic hydroxyl groups is 1. The number of carbonyl (C=O) groups is 6. The maximum Gasteiger partial charge on any atom is 0.352 e. The Balaban J connectivity index is 1.49. The molecule has 4 N–H and O–H groups in total. The molecule has 228 valence electrons. The summed E-state index contributed by atoms with van der Waals surface area (Å²) in [6.45, 7) is 3.15. The lowest BCUT2D eigenvalue weighted by atomic mass is 9.97. The van der Waals surface area contributed by atoms with Crippen LogP contribution in [-0.4, -0.2) is 142 Å². The van der Waals surface area contributed by atoms with Gasteiger partial charge < -0.3 is 30.5 Å². The Labute approximate surface area is 247 Å². The zero-order chi connectivity index (χ0) is 30.9. The van der Waals surface area contributed by atoms with Crippen molar-refractivity contribution < 1.29 is 43.7 Å². The van der Waals surface area contributed by atoms with E-state index in [1.54, 1.807) is 14.0 Å². The highest BCUT2D eigenvalue weighted by molar-refractivity contribution is 8.01. The summed E-state index contributed by atoms with van der Waals surface area (Å²) in [7, 11) is 2.78. The van der Waals surface area contributed by atoms with Crippen LogP contribution in [0.2, 0.25) is 0 Å². The van der Waals surface area contributed by atoms with Gasteiger partial charge in [-0.15, -0.1) is 16.9 Å². The number of likely N-dealkylation sites (N-methyl/N-ethyl adjacent to an activating group) is 1. The van der Waals surface area contributed by atoms with Gasteiger partial charge in [-0.05, 0) is 29.8 Å². The minimum absolute atomic E-state index is 0.103. The number of carboxylic acid groups (broad SMARTS) is 1. The van der Waals surface area contributed by atoms with Crippen molar-refractivity contribution in [2.45, 2.75) is 42.2 Å². The third kappa shape index (κ3) is 5.41. The number of thioether (sulfide) groups is 2. The zero-order valence-corrected chi connectivity index (χ0v) is 24.6. The van der Waals surface area contributed by atoms with Gasteiger partial charge in [0.15, 0.2) is 0 Å². The number of aryl methyl sites for hydroxylation is 1. The first-order chi connectivity index (χ1) is 19.9. The Bertz CT molecular complexity index is 1350. The van der Waals surface area contributed by atoms with E-state index in [0.29, 0.717) is 15.6 Å². The smallest absolute Gasteiger partial charge is 0.352 e. The molecule has 0 bridgehead atoms. The van der Waals surface area contributed by atoms with Crippen LogP contribution in [0.25, 0.3) is 0 Å². The van der Waals surface area contributed by atoms with Gasteiger partial charge in [-0.2, -0.15) is 0 Å². The molecule has 6 amide bonds. The number of hydrogen-bond donors (Lipinski definition) is 4. The van der Waals surface area contributed by atoms with Crippen LogP contribution in [-0.2, 0) is 35.8 Å². The van der Waals surface area contributed by atoms with E-state index in [4.69, 9.17) is 4.74 Å². The lowest BCUT2D eigenvalue weighted by Crippen LogP contribution is -2.81. The Morgan fingerprint density at radius 2 is 1.95 bits per heavy atom. The Hall–Kier alpha value is -3.75. The predicted octanol–water partition coefficient (Wildman–Crippen LogP) is -2.84. The third-order valence-electron chi connectivity index (χ3n) is 6.88. The van der Waals surface area contributed by atoms with Gasteiger partial charge in [0.1, 0.15) is 17.1 Å². The number of β-lactam (4-membered cyclic amide) rings is 1. The molecule has 2 unspecified atom stereocenters. The van der Waals surface area contributed by atoms with E-state index in [1.807, 2.05) is 0 Å². The van der Waals surface area contributed by atoms with Crippen LogP contribution in [0.5, 0.6) is 0 Å². The minimum Gasteiger partial charge on any atom is -0.477 e. The Morgan fingerprint density at radius 1 is 1.24 bits per heavy atom. The lowest BCUT2D eigenvalue weighted by Gasteiger charge is -2.56. The average Bonchev–Trinajstić information content (AvgIpc) is 3.37. The molecule has 4 heterocycles. The van der Waals surface area contributed by atoms with Crippen molar-refractivity contribution in [2.75, 3.05) is 38.2 Å². The van der Waals surface area contributed by atoms with Crippen molar-refractivity contribution in [3.63, 3.8) is 0 Å². The van der Waals surface area contributed by atoms with E-state index >= 15 is 0 Å². The first kappa shape index (κ1) is 31.2. The standard InChI is InChI=1S/C22H29N9O9S2/c1-5-29-6-7-30(16(35)15(29)34)20(39)23-12(10(2)32)14(33)24-22(40-4)18(38)31-13(17(36)37)11(8-41-19(22)31)9-42-21-25-26-27-28(21)3/h10,12,19,32H,5-9H2,1-4H3,(H,23,39)(H,24,33)(H,36,37)/t10-,12?,19?,22-/m0/s1. The number of aromatic nitrogens is 4. The van der Waals surface area contributed by atoms with Crippen molar-refractivity contribution in [3.8, 4) is 0 Å². The number of carboxylic acids is 1. The molecule has 0 aliphatic carbocycles. The van der Waals surface area contributed by atoms with Gasteiger partial charge in [0, 0.05) is 45.3 Å². The van der Waals surface area contributed by atoms with Gasteiger partial charge in [-0.25, -0.2) is 14.3 Å². The summed E-state index contributed by atoms with van der Waals surface area (Å²) in [5.74, 6) is -4.87. The fourth-order valence-electron chi connectivity index (χ4n) is 4.60. The molecule has 0 radical (unpaired) electrons. The summed E-state index contributed by atoms with van der Waals surface area (Å²) in [5.41, 5.74) is -1.84. The molecule has 0 aromatic carbocycles. The predicted molar refractivity (Wildman–Crippen MR) is 143 cm³/mol. The maximum atomic E-state index is 13.4. The number of amides is 6. The monoisotopic (exact) mass is 627 g/mol. The SMILES string of the molecule is CCN1CCN(C(=O)NC(C(=O)N[C@]2(OC)C(=O)N3C(C(=O)O)=C(CSc4nnnn4C)CSC32)[C@H](C)O)C(=O)C1=O.